The minimum Gasteiger partial charge on any atom is -0.485 e. The number of carbonyl (C=O) groups excluding carboxylic acids is 1. The van der Waals surface area contributed by atoms with Gasteiger partial charge in [0.05, 0.1) is 5.52 Å². The molecule has 3 heterocycles. The van der Waals surface area contributed by atoms with Crippen molar-refractivity contribution in [2.24, 2.45) is 0 Å². The number of H-pyrrole nitrogens is 2. The van der Waals surface area contributed by atoms with Crippen LogP contribution in [0.15, 0.2) is 73.2 Å². The molecule has 5 rings (SSSR count). The van der Waals surface area contributed by atoms with Crippen LogP contribution in [0.2, 0.25) is 0 Å². The lowest BCUT2D eigenvalue weighted by Gasteiger charge is -2.05. The van der Waals surface area contributed by atoms with Crippen LogP contribution in [0.1, 0.15) is 24.0 Å². The second-order valence-electron chi connectivity index (χ2n) is 8.02. The molecule has 0 atom stereocenters. The molecule has 0 saturated heterocycles. The van der Waals surface area contributed by atoms with Crippen molar-refractivity contribution in [2.75, 3.05) is 6.61 Å². The number of rotatable bonds is 8. The molecule has 0 radical (unpaired) electrons. The molecular weight excluding hydrogens is 530 g/mol. The number of hydrogen-bond donors (Lipinski definition) is 2. The van der Waals surface area contributed by atoms with Gasteiger partial charge in [-0.25, -0.2) is 4.79 Å². The maximum Gasteiger partial charge on any atom is 0.328 e. The zero-order valence-corrected chi connectivity index (χ0v) is 20.7. The Bertz CT molecular complexity index is 1660. The predicted octanol–water partition coefficient (Wildman–Crippen LogP) is 4.17. The third-order valence-electron chi connectivity index (χ3n) is 5.51. The average molecular weight is 550 g/mol. The van der Waals surface area contributed by atoms with Gasteiger partial charge in [-0.15, -0.1) is 0 Å². The zero-order valence-electron chi connectivity index (χ0n) is 19.1. The first-order valence-corrected chi connectivity index (χ1v) is 11.9. The van der Waals surface area contributed by atoms with Crippen molar-refractivity contribution >= 4 is 32.7 Å². The average Bonchev–Trinajstić information content (AvgIpc) is 3.54. The molecule has 2 aromatic carbocycles. The monoisotopic (exact) mass is 549 g/mol. The summed E-state index contributed by atoms with van der Waals surface area (Å²) in [6.45, 7) is 1.97. The highest BCUT2D eigenvalue weighted by atomic mass is 79.9. The van der Waals surface area contributed by atoms with Crippen LogP contribution in [0.3, 0.4) is 0 Å². The number of aromatic amines is 2. The molecular formula is C25H20BrN5O5. The van der Waals surface area contributed by atoms with Crippen molar-refractivity contribution in [3.8, 4) is 28.4 Å². The van der Waals surface area contributed by atoms with Crippen molar-refractivity contribution in [2.45, 2.75) is 19.9 Å². The molecule has 0 spiro atoms. The fourth-order valence-corrected chi connectivity index (χ4v) is 3.97. The number of halogens is 1. The Kier molecular flexibility index (Phi) is 6.38. The van der Waals surface area contributed by atoms with Gasteiger partial charge < -0.3 is 19.2 Å². The summed E-state index contributed by atoms with van der Waals surface area (Å²) in [7, 11) is 0. The topological polar surface area (TPSA) is 136 Å². The molecule has 11 heteroatoms. The van der Waals surface area contributed by atoms with E-state index >= 15 is 0 Å². The first kappa shape index (κ1) is 23.5. The number of ketones is 1. The maximum atomic E-state index is 12.6. The van der Waals surface area contributed by atoms with Crippen molar-refractivity contribution in [1.29, 1.82) is 0 Å². The molecule has 0 aliphatic carbocycles. The van der Waals surface area contributed by atoms with Crippen LogP contribution in [0.5, 0.6) is 5.75 Å². The minimum atomic E-state index is -0.446. The van der Waals surface area contributed by atoms with E-state index in [1.807, 2.05) is 31.2 Å². The van der Waals surface area contributed by atoms with E-state index < -0.39 is 11.5 Å². The van der Waals surface area contributed by atoms with Crippen LogP contribution in [0.4, 0.5) is 0 Å². The Hall–Kier alpha value is -4.25. The molecule has 36 heavy (non-hydrogen) atoms. The smallest absolute Gasteiger partial charge is 0.328 e. The lowest BCUT2D eigenvalue weighted by Crippen LogP contribution is -2.34. The Labute approximate surface area is 212 Å². The van der Waals surface area contributed by atoms with E-state index in [1.165, 1.54) is 4.57 Å². The Morgan fingerprint density at radius 1 is 1.06 bits per heavy atom. The van der Waals surface area contributed by atoms with Gasteiger partial charge >= 0.3 is 5.69 Å². The van der Waals surface area contributed by atoms with E-state index in [0.29, 0.717) is 41.3 Å². The zero-order chi connectivity index (χ0) is 25.2. The van der Waals surface area contributed by atoms with Gasteiger partial charge in [-0.05, 0) is 66.6 Å². The number of benzene rings is 2. The lowest BCUT2D eigenvalue weighted by molar-refractivity contribution is 0.0877. The Morgan fingerprint density at radius 3 is 2.50 bits per heavy atom. The standard InChI is InChI=1S/C25H20BrN5O5/c1-2-11-31-24(33)21-19(28-25(31)34)12-18(27-21)14-5-9-17(10-6-14)35-13-20(32)23-29-22(30-36-23)15-3-7-16(26)8-4-15/h3-10,12,27H,2,11,13H2,1H3,(H,28,34). The van der Waals surface area contributed by atoms with E-state index in [0.717, 1.165) is 15.6 Å². The fourth-order valence-electron chi connectivity index (χ4n) is 3.71. The van der Waals surface area contributed by atoms with Crippen molar-refractivity contribution in [3.63, 3.8) is 0 Å². The Morgan fingerprint density at radius 2 is 1.78 bits per heavy atom. The van der Waals surface area contributed by atoms with Gasteiger partial charge in [0.1, 0.15) is 11.3 Å². The first-order valence-electron chi connectivity index (χ1n) is 11.1. The summed E-state index contributed by atoms with van der Waals surface area (Å²) < 4.78 is 12.8. The Balaban J connectivity index is 1.27. The van der Waals surface area contributed by atoms with Crippen LogP contribution < -0.4 is 16.0 Å². The van der Waals surface area contributed by atoms with Crippen LogP contribution in [0.25, 0.3) is 33.7 Å². The van der Waals surface area contributed by atoms with Crippen molar-refractivity contribution in [3.05, 3.63) is 85.8 Å². The number of Topliss-reactive ketones (excluding diaryl/α,β-unsaturated/α-hetero) is 1. The molecule has 2 N–H and O–H groups in total. The summed E-state index contributed by atoms with van der Waals surface area (Å²) in [5, 5.41) is 3.86. The number of nitrogens with one attached hydrogen (secondary N) is 2. The van der Waals surface area contributed by atoms with E-state index in [4.69, 9.17) is 9.26 Å². The SMILES string of the molecule is CCCn1c(=O)[nH]c2cc(-c3ccc(OCC(=O)c4nc(-c5ccc(Br)cc5)no4)cc3)[nH]c2c1=O. The number of hydrogen-bond acceptors (Lipinski definition) is 7. The molecule has 0 unspecified atom stereocenters. The quantitative estimate of drug-likeness (QED) is 0.277. The predicted molar refractivity (Wildman–Crippen MR) is 136 cm³/mol. The van der Waals surface area contributed by atoms with Crippen molar-refractivity contribution < 1.29 is 14.1 Å². The van der Waals surface area contributed by atoms with Gasteiger partial charge in [0.15, 0.2) is 6.61 Å². The van der Waals surface area contributed by atoms with Crippen LogP contribution in [0, 0.1) is 0 Å². The highest BCUT2D eigenvalue weighted by Crippen LogP contribution is 2.24. The second kappa shape index (κ2) is 9.78. The number of carbonyl (C=O) groups is 1. The van der Waals surface area contributed by atoms with E-state index in [-0.39, 0.29) is 18.1 Å². The fraction of sp³-hybridized carbons (Fsp3) is 0.160. The molecule has 3 aromatic heterocycles. The first-order chi connectivity index (χ1) is 17.4. The minimum absolute atomic E-state index is 0.134. The number of ether oxygens (including phenoxy) is 1. The summed E-state index contributed by atoms with van der Waals surface area (Å²) in [4.78, 5) is 47.2. The van der Waals surface area contributed by atoms with E-state index in [9.17, 15) is 14.4 Å². The van der Waals surface area contributed by atoms with Gasteiger partial charge in [0, 0.05) is 22.3 Å². The highest BCUT2D eigenvalue weighted by Gasteiger charge is 2.17. The normalized spacial score (nSPS) is 11.2. The molecule has 5 aromatic rings. The summed E-state index contributed by atoms with van der Waals surface area (Å²) in [6.07, 6.45) is 0.671. The summed E-state index contributed by atoms with van der Waals surface area (Å²) in [5.74, 6) is 0.203. The maximum absolute atomic E-state index is 12.6. The third-order valence-corrected chi connectivity index (χ3v) is 6.04. The number of fused-ring (bicyclic) bond motifs is 1. The van der Waals surface area contributed by atoms with E-state index in [2.05, 4.69) is 36.0 Å². The molecule has 0 aliphatic heterocycles. The van der Waals surface area contributed by atoms with Crippen LogP contribution in [-0.4, -0.2) is 37.1 Å². The molecule has 0 aliphatic rings. The number of nitrogens with zero attached hydrogens (tertiary/aromatic N) is 3. The van der Waals surface area contributed by atoms with Gasteiger partial charge in [0.25, 0.3) is 17.2 Å². The molecule has 0 fully saturated rings. The second-order valence-corrected chi connectivity index (χ2v) is 8.94. The third kappa shape index (κ3) is 4.65. The highest BCUT2D eigenvalue weighted by molar-refractivity contribution is 9.10. The van der Waals surface area contributed by atoms with Crippen LogP contribution in [-0.2, 0) is 6.54 Å². The molecule has 10 nitrogen and oxygen atoms in total. The van der Waals surface area contributed by atoms with Gasteiger partial charge in [-0.1, -0.05) is 28.0 Å². The van der Waals surface area contributed by atoms with Crippen molar-refractivity contribution in [1.82, 2.24) is 24.7 Å². The van der Waals surface area contributed by atoms with E-state index in [1.54, 1.807) is 30.3 Å². The molecule has 0 amide bonds. The largest absolute Gasteiger partial charge is 0.485 e. The van der Waals surface area contributed by atoms with Crippen LogP contribution >= 0.6 is 15.9 Å². The van der Waals surface area contributed by atoms with Gasteiger partial charge in [-0.2, -0.15) is 4.98 Å². The lowest BCUT2D eigenvalue weighted by atomic mass is 10.1. The summed E-state index contributed by atoms with van der Waals surface area (Å²) in [5.41, 5.74) is 2.17. The summed E-state index contributed by atoms with van der Waals surface area (Å²) >= 11 is 3.36. The molecule has 182 valence electrons. The van der Waals surface area contributed by atoms with Gasteiger partial charge in [-0.3, -0.25) is 14.2 Å². The number of aromatic nitrogens is 5. The van der Waals surface area contributed by atoms with Gasteiger partial charge in [0.2, 0.25) is 5.82 Å². The molecule has 0 bridgehead atoms. The molecule has 0 saturated carbocycles. The summed E-state index contributed by atoms with van der Waals surface area (Å²) in [6, 6.07) is 16.0.